The zero-order valence-electron chi connectivity index (χ0n) is 8.22. The van der Waals surface area contributed by atoms with Crippen molar-refractivity contribution in [3.8, 4) is 0 Å². The first-order valence-electron chi connectivity index (χ1n) is 4.60. The molecule has 12 heavy (non-hydrogen) atoms. The van der Waals surface area contributed by atoms with Crippen molar-refractivity contribution in [3.05, 3.63) is 11.6 Å². The van der Waals surface area contributed by atoms with Crippen molar-refractivity contribution in [3.63, 3.8) is 0 Å². The molecular formula is C10H19NO. The molecule has 0 radical (unpaired) electrons. The molecule has 0 aromatic heterocycles. The number of hydrogen-bond donors (Lipinski definition) is 2. The number of rotatable bonds is 4. The van der Waals surface area contributed by atoms with Crippen LogP contribution >= 0.6 is 0 Å². The maximum Gasteiger partial charge on any atom is 0.0614 e. The van der Waals surface area contributed by atoms with Gasteiger partial charge in [0.25, 0.3) is 0 Å². The molecule has 1 aliphatic rings. The van der Waals surface area contributed by atoms with Crippen LogP contribution in [-0.2, 0) is 0 Å². The maximum atomic E-state index is 8.63. The van der Waals surface area contributed by atoms with E-state index in [2.05, 4.69) is 26.1 Å². The fourth-order valence-corrected chi connectivity index (χ4v) is 1.47. The number of allylic oxidation sites excluding steroid dienone is 1. The summed E-state index contributed by atoms with van der Waals surface area (Å²) in [5.41, 5.74) is 1.65. The third kappa shape index (κ3) is 2.61. The van der Waals surface area contributed by atoms with Crippen LogP contribution in [0.2, 0.25) is 0 Å². The SMILES string of the molecule is CC(=CCO)CCC1NC1(C)C. The second-order valence-corrected chi connectivity index (χ2v) is 4.19. The van der Waals surface area contributed by atoms with E-state index in [0.717, 1.165) is 6.42 Å². The summed E-state index contributed by atoms with van der Waals surface area (Å²) in [6.07, 6.45) is 4.17. The second-order valence-electron chi connectivity index (χ2n) is 4.19. The van der Waals surface area contributed by atoms with Crippen molar-refractivity contribution in [1.82, 2.24) is 5.32 Å². The average molecular weight is 169 g/mol. The van der Waals surface area contributed by atoms with E-state index in [9.17, 15) is 0 Å². The lowest BCUT2D eigenvalue weighted by atomic mass is 10.0. The highest BCUT2D eigenvalue weighted by atomic mass is 16.2. The Kier molecular flexibility index (Phi) is 2.91. The van der Waals surface area contributed by atoms with Crippen LogP contribution in [0.25, 0.3) is 0 Å². The summed E-state index contributed by atoms with van der Waals surface area (Å²) in [6.45, 7) is 6.70. The lowest BCUT2D eigenvalue weighted by Gasteiger charge is -2.00. The number of aliphatic hydroxyl groups is 1. The van der Waals surface area contributed by atoms with Gasteiger partial charge in [0.05, 0.1) is 6.61 Å². The molecule has 1 atom stereocenters. The van der Waals surface area contributed by atoms with Crippen LogP contribution in [0.4, 0.5) is 0 Å². The van der Waals surface area contributed by atoms with Crippen LogP contribution in [0.15, 0.2) is 11.6 Å². The molecule has 1 aliphatic heterocycles. The van der Waals surface area contributed by atoms with E-state index in [0.29, 0.717) is 11.6 Å². The van der Waals surface area contributed by atoms with Gasteiger partial charge in [0.15, 0.2) is 0 Å². The summed E-state index contributed by atoms with van der Waals surface area (Å²) in [6, 6.07) is 0.680. The highest BCUT2D eigenvalue weighted by Crippen LogP contribution is 2.29. The zero-order valence-corrected chi connectivity index (χ0v) is 8.22. The van der Waals surface area contributed by atoms with E-state index in [1.165, 1.54) is 12.0 Å². The average Bonchev–Trinajstić information content (AvgIpc) is 2.56. The molecule has 2 heteroatoms. The highest BCUT2D eigenvalue weighted by molar-refractivity contribution is 5.10. The molecule has 1 heterocycles. The molecule has 0 aromatic rings. The first-order chi connectivity index (χ1) is 5.56. The monoisotopic (exact) mass is 169 g/mol. The van der Waals surface area contributed by atoms with Gasteiger partial charge in [0.2, 0.25) is 0 Å². The van der Waals surface area contributed by atoms with Crippen LogP contribution in [-0.4, -0.2) is 23.3 Å². The lowest BCUT2D eigenvalue weighted by Crippen LogP contribution is -2.03. The van der Waals surface area contributed by atoms with Crippen molar-refractivity contribution in [2.24, 2.45) is 0 Å². The van der Waals surface area contributed by atoms with Gasteiger partial charge in [-0.05, 0) is 33.6 Å². The van der Waals surface area contributed by atoms with Crippen LogP contribution in [0.3, 0.4) is 0 Å². The van der Waals surface area contributed by atoms with Gasteiger partial charge in [-0.15, -0.1) is 0 Å². The highest BCUT2D eigenvalue weighted by Gasteiger charge is 2.43. The van der Waals surface area contributed by atoms with E-state index < -0.39 is 0 Å². The Hall–Kier alpha value is -0.340. The standard InChI is InChI=1S/C10H19NO/c1-8(6-7-12)4-5-9-10(2,3)11-9/h6,9,11-12H,4-5,7H2,1-3H3. The molecule has 70 valence electrons. The van der Waals surface area contributed by atoms with Crippen LogP contribution in [0.5, 0.6) is 0 Å². The molecular weight excluding hydrogens is 150 g/mol. The van der Waals surface area contributed by atoms with Crippen molar-refractivity contribution in [2.75, 3.05) is 6.61 Å². The minimum Gasteiger partial charge on any atom is -0.392 e. The largest absolute Gasteiger partial charge is 0.392 e. The Morgan fingerprint density at radius 3 is 2.58 bits per heavy atom. The number of nitrogens with one attached hydrogen (secondary N) is 1. The van der Waals surface area contributed by atoms with Crippen LogP contribution in [0.1, 0.15) is 33.6 Å². The van der Waals surface area contributed by atoms with Gasteiger partial charge >= 0.3 is 0 Å². The summed E-state index contributed by atoms with van der Waals surface area (Å²) in [4.78, 5) is 0. The minimum atomic E-state index is 0.174. The summed E-state index contributed by atoms with van der Waals surface area (Å²) in [7, 11) is 0. The molecule has 1 saturated heterocycles. The van der Waals surface area contributed by atoms with Crippen LogP contribution < -0.4 is 5.32 Å². The van der Waals surface area contributed by atoms with Crippen molar-refractivity contribution in [1.29, 1.82) is 0 Å². The second kappa shape index (κ2) is 3.58. The Balaban J connectivity index is 2.15. The van der Waals surface area contributed by atoms with E-state index in [4.69, 9.17) is 5.11 Å². The molecule has 2 nitrogen and oxygen atoms in total. The molecule has 2 N–H and O–H groups in total. The van der Waals surface area contributed by atoms with Crippen LogP contribution in [0, 0.1) is 0 Å². The normalized spacial score (nSPS) is 27.3. The van der Waals surface area contributed by atoms with Crippen molar-refractivity contribution >= 4 is 0 Å². The maximum absolute atomic E-state index is 8.63. The van der Waals surface area contributed by atoms with Gasteiger partial charge in [-0.3, -0.25) is 0 Å². The van der Waals surface area contributed by atoms with Gasteiger partial charge < -0.3 is 10.4 Å². The predicted octanol–water partition coefficient (Wildman–Crippen LogP) is 1.46. The Morgan fingerprint density at radius 2 is 2.17 bits per heavy atom. The predicted molar refractivity (Wildman–Crippen MR) is 51.1 cm³/mol. The summed E-state index contributed by atoms with van der Waals surface area (Å²) in [5, 5.41) is 12.0. The van der Waals surface area contributed by atoms with Gasteiger partial charge in [-0.1, -0.05) is 11.6 Å². The number of hydrogen-bond acceptors (Lipinski definition) is 2. The Labute approximate surface area is 74.7 Å². The van der Waals surface area contributed by atoms with Gasteiger partial charge in [0.1, 0.15) is 0 Å². The molecule has 1 fully saturated rings. The Bertz CT molecular complexity index is 184. The van der Waals surface area contributed by atoms with Gasteiger partial charge in [0, 0.05) is 11.6 Å². The molecule has 0 amide bonds. The molecule has 0 aromatic carbocycles. The quantitative estimate of drug-likeness (QED) is 0.494. The van der Waals surface area contributed by atoms with E-state index >= 15 is 0 Å². The summed E-state index contributed by atoms with van der Waals surface area (Å²) >= 11 is 0. The topological polar surface area (TPSA) is 42.2 Å². The fourth-order valence-electron chi connectivity index (χ4n) is 1.47. The molecule has 0 spiro atoms. The Morgan fingerprint density at radius 1 is 1.58 bits per heavy atom. The summed E-state index contributed by atoms with van der Waals surface area (Å²) in [5.74, 6) is 0. The van der Waals surface area contributed by atoms with Gasteiger partial charge in [-0.2, -0.15) is 0 Å². The van der Waals surface area contributed by atoms with Gasteiger partial charge in [-0.25, -0.2) is 0 Å². The minimum absolute atomic E-state index is 0.174. The molecule has 1 unspecified atom stereocenters. The molecule has 0 saturated carbocycles. The molecule has 1 rings (SSSR count). The lowest BCUT2D eigenvalue weighted by molar-refractivity contribution is 0.341. The number of aliphatic hydroxyl groups excluding tert-OH is 1. The first kappa shape index (κ1) is 9.75. The third-order valence-corrected chi connectivity index (χ3v) is 2.60. The first-order valence-corrected chi connectivity index (χ1v) is 4.60. The fraction of sp³-hybridized carbons (Fsp3) is 0.800. The van der Waals surface area contributed by atoms with E-state index in [1.807, 2.05) is 6.08 Å². The third-order valence-electron chi connectivity index (χ3n) is 2.60. The van der Waals surface area contributed by atoms with E-state index in [-0.39, 0.29) is 6.61 Å². The summed E-state index contributed by atoms with van der Waals surface area (Å²) < 4.78 is 0. The van der Waals surface area contributed by atoms with Crippen molar-refractivity contribution < 1.29 is 5.11 Å². The van der Waals surface area contributed by atoms with Crippen molar-refractivity contribution in [2.45, 2.75) is 45.2 Å². The zero-order chi connectivity index (χ0) is 9.19. The molecule has 0 aliphatic carbocycles. The smallest absolute Gasteiger partial charge is 0.0614 e. The molecule has 0 bridgehead atoms. The van der Waals surface area contributed by atoms with E-state index in [1.54, 1.807) is 0 Å².